The second-order valence-corrected chi connectivity index (χ2v) is 5.72. The summed E-state index contributed by atoms with van der Waals surface area (Å²) in [7, 11) is 0. The molecule has 0 amide bonds. The van der Waals surface area contributed by atoms with Crippen molar-refractivity contribution in [2.45, 2.75) is 57.9 Å². The second kappa shape index (κ2) is 4.96. The summed E-state index contributed by atoms with van der Waals surface area (Å²) in [4.78, 5) is 11.9. The zero-order valence-corrected chi connectivity index (χ0v) is 11.8. The van der Waals surface area contributed by atoms with E-state index in [4.69, 9.17) is 10.8 Å². The number of nitrogens with two attached hydrogens (primary N) is 1. The molecule has 5 nitrogen and oxygen atoms in total. The molecule has 0 bridgehead atoms. The number of nitrogens with one attached hydrogen (secondary N) is 1. The van der Waals surface area contributed by atoms with Crippen LogP contribution in [0.1, 0.15) is 56.3 Å². The maximum absolute atomic E-state index is 5.62. The van der Waals surface area contributed by atoms with Crippen LogP contribution in [0.25, 0.3) is 0 Å². The molecule has 3 rings (SSSR count). The smallest absolute Gasteiger partial charge is 0.148 e. The first-order chi connectivity index (χ1) is 9.24. The molecular weight excluding hydrogens is 238 g/mol. The van der Waals surface area contributed by atoms with Crippen LogP contribution in [0, 0.1) is 6.92 Å². The third-order valence-electron chi connectivity index (χ3n) is 3.94. The van der Waals surface area contributed by atoms with Crippen LogP contribution in [0.15, 0.2) is 0 Å². The summed E-state index contributed by atoms with van der Waals surface area (Å²) in [5, 5.41) is 0. The molecule has 3 N–H and O–H groups in total. The molecule has 0 atom stereocenters. The molecule has 1 heterocycles. The van der Waals surface area contributed by atoms with Crippen LogP contribution in [-0.2, 0) is 0 Å². The van der Waals surface area contributed by atoms with Crippen molar-refractivity contribution in [3.8, 4) is 0 Å². The van der Waals surface area contributed by atoms with E-state index in [0.29, 0.717) is 12.0 Å². The number of anilines is 2. The number of rotatable bonds is 6. The summed E-state index contributed by atoms with van der Waals surface area (Å²) in [6.07, 6.45) is 6.14. The summed E-state index contributed by atoms with van der Waals surface area (Å²) in [5.74, 6) is 9.01. The van der Waals surface area contributed by atoms with Crippen LogP contribution in [0.2, 0.25) is 0 Å². The summed E-state index contributed by atoms with van der Waals surface area (Å²) >= 11 is 0. The molecule has 2 fully saturated rings. The lowest BCUT2D eigenvalue weighted by molar-refractivity contribution is 0.737. The van der Waals surface area contributed by atoms with E-state index in [2.05, 4.69) is 29.2 Å². The van der Waals surface area contributed by atoms with Gasteiger partial charge in [0.2, 0.25) is 0 Å². The fourth-order valence-corrected chi connectivity index (χ4v) is 2.55. The summed E-state index contributed by atoms with van der Waals surface area (Å²) in [6, 6.07) is 0.672. The third-order valence-corrected chi connectivity index (χ3v) is 3.94. The highest BCUT2D eigenvalue weighted by Gasteiger charge is 2.33. The Labute approximate surface area is 114 Å². The van der Waals surface area contributed by atoms with Crippen molar-refractivity contribution in [2.75, 3.05) is 16.9 Å². The molecule has 1 aromatic heterocycles. The van der Waals surface area contributed by atoms with E-state index in [1.165, 1.54) is 25.7 Å². The molecule has 0 radical (unpaired) electrons. The number of nitrogen functional groups attached to an aromatic ring is 1. The Morgan fingerprint density at radius 1 is 1.26 bits per heavy atom. The lowest BCUT2D eigenvalue weighted by Crippen LogP contribution is -2.29. The van der Waals surface area contributed by atoms with Crippen LogP contribution in [0.5, 0.6) is 0 Å². The first-order valence-corrected chi connectivity index (χ1v) is 7.36. The topological polar surface area (TPSA) is 67.1 Å². The van der Waals surface area contributed by atoms with Gasteiger partial charge >= 0.3 is 0 Å². The van der Waals surface area contributed by atoms with Gasteiger partial charge in [0, 0.05) is 24.1 Å². The Bertz CT molecular complexity index is 465. The van der Waals surface area contributed by atoms with Crippen molar-refractivity contribution < 1.29 is 0 Å². The largest absolute Gasteiger partial charge is 0.353 e. The van der Waals surface area contributed by atoms with Gasteiger partial charge in [-0.05, 0) is 39.0 Å². The van der Waals surface area contributed by atoms with Gasteiger partial charge in [0.1, 0.15) is 17.5 Å². The maximum Gasteiger partial charge on any atom is 0.148 e. The number of nitrogens with zero attached hydrogens (tertiary/aromatic N) is 3. The van der Waals surface area contributed by atoms with Crippen LogP contribution < -0.4 is 16.2 Å². The van der Waals surface area contributed by atoms with Crippen molar-refractivity contribution in [3.63, 3.8) is 0 Å². The average molecular weight is 261 g/mol. The predicted octanol–water partition coefficient (Wildman–Crippen LogP) is 2.33. The number of hydrazine groups is 1. The van der Waals surface area contributed by atoms with Gasteiger partial charge in [-0.15, -0.1) is 0 Å². The molecule has 0 aromatic carbocycles. The van der Waals surface area contributed by atoms with E-state index < -0.39 is 0 Å². The fourth-order valence-electron chi connectivity index (χ4n) is 2.55. The molecule has 19 heavy (non-hydrogen) atoms. The van der Waals surface area contributed by atoms with E-state index in [1.807, 2.05) is 0 Å². The van der Waals surface area contributed by atoms with Gasteiger partial charge in [-0.25, -0.2) is 15.8 Å². The van der Waals surface area contributed by atoms with Gasteiger partial charge in [0.25, 0.3) is 0 Å². The molecule has 2 aliphatic rings. The molecule has 104 valence electrons. The minimum atomic E-state index is 0.550. The predicted molar refractivity (Wildman–Crippen MR) is 77.2 cm³/mol. The van der Waals surface area contributed by atoms with Crippen molar-refractivity contribution in [1.29, 1.82) is 0 Å². The van der Waals surface area contributed by atoms with Crippen LogP contribution >= 0.6 is 0 Å². The van der Waals surface area contributed by atoms with E-state index in [0.717, 1.165) is 36.0 Å². The summed E-state index contributed by atoms with van der Waals surface area (Å²) in [5.41, 5.74) is 3.81. The van der Waals surface area contributed by atoms with Crippen LogP contribution in [0.3, 0.4) is 0 Å². The quantitative estimate of drug-likeness (QED) is 0.607. The molecule has 2 aliphatic carbocycles. The van der Waals surface area contributed by atoms with Gasteiger partial charge < -0.3 is 10.3 Å². The third kappa shape index (κ3) is 2.52. The number of hydrogen-bond acceptors (Lipinski definition) is 5. The van der Waals surface area contributed by atoms with Crippen LogP contribution in [0.4, 0.5) is 11.6 Å². The monoisotopic (exact) mass is 261 g/mol. The zero-order chi connectivity index (χ0) is 13.4. The molecule has 0 saturated heterocycles. The van der Waals surface area contributed by atoms with E-state index >= 15 is 0 Å². The minimum absolute atomic E-state index is 0.550. The second-order valence-electron chi connectivity index (χ2n) is 5.72. The number of aromatic nitrogens is 2. The average Bonchev–Trinajstić information content (AvgIpc) is 3.29. The van der Waals surface area contributed by atoms with Crippen molar-refractivity contribution in [2.24, 2.45) is 5.84 Å². The normalized spacial score (nSPS) is 18.5. The fraction of sp³-hybridized carbons (Fsp3) is 0.714. The van der Waals surface area contributed by atoms with E-state index in [-0.39, 0.29) is 0 Å². The molecule has 0 spiro atoms. The Hall–Kier alpha value is -1.36. The molecule has 1 aromatic rings. The van der Waals surface area contributed by atoms with Gasteiger partial charge in [-0.2, -0.15) is 0 Å². The van der Waals surface area contributed by atoms with E-state index in [9.17, 15) is 0 Å². The van der Waals surface area contributed by atoms with Gasteiger partial charge in [0.15, 0.2) is 0 Å². The van der Waals surface area contributed by atoms with Gasteiger partial charge in [-0.1, -0.05) is 6.92 Å². The Balaban J connectivity index is 1.98. The standard InChI is InChI=1S/C14H23N5/c1-3-8-19(11-6-7-11)14-9(2)12(18-15)16-13(17-14)10-4-5-10/h10-11H,3-8,15H2,1-2H3,(H,16,17,18). The summed E-state index contributed by atoms with van der Waals surface area (Å²) < 4.78 is 0. The highest BCUT2D eigenvalue weighted by Crippen LogP contribution is 2.41. The van der Waals surface area contributed by atoms with Crippen molar-refractivity contribution >= 4 is 11.6 Å². The summed E-state index contributed by atoms with van der Waals surface area (Å²) in [6.45, 7) is 5.35. The zero-order valence-electron chi connectivity index (χ0n) is 11.8. The lowest BCUT2D eigenvalue weighted by atomic mass is 10.2. The van der Waals surface area contributed by atoms with Gasteiger partial charge in [0.05, 0.1) is 0 Å². The van der Waals surface area contributed by atoms with Gasteiger partial charge in [-0.3, -0.25) is 0 Å². The first-order valence-electron chi connectivity index (χ1n) is 7.36. The Kier molecular flexibility index (Phi) is 3.31. The maximum atomic E-state index is 5.62. The molecule has 0 unspecified atom stereocenters. The SMILES string of the molecule is CCCN(c1nc(C2CC2)nc(NN)c1C)C1CC1. The van der Waals surface area contributed by atoms with Crippen molar-refractivity contribution in [3.05, 3.63) is 11.4 Å². The highest BCUT2D eigenvalue weighted by molar-refractivity contribution is 5.59. The first kappa shape index (κ1) is 12.7. The van der Waals surface area contributed by atoms with E-state index in [1.54, 1.807) is 0 Å². The molecular formula is C14H23N5. The lowest BCUT2D eigenvalue weighted by Gasteiger charge is -2.26. The van der Waals surface area contributed by atoms with Crippen molar-refractivity contribution in [1.82, 2.24) is 9.97 Å². The molecule has 2 saturated carbocycles. The Morgan fingerprint density at radius 2 is 2.00 bits per heavy atom. The number of hydrogen-bond donors (Lipinski definition) is 2. The molecule has 5 heteroatoms. The Morgan fingerprint density at radius 3 is 2.53 bits per heavy atom. The molecule has 0 aliphatic heterocycles. The highest BCUT2D eigenvalue weighted by atomic mass is 15.3. The van der Waals surface area contributed by atoms with Crippen LogP contribution in [-0.4, -0.2) is 22.6 Å². The minimum Gasteiger partial charge on any atom is -0.353 e.